The highest BCUT2D eigenvalue weighted by Crippen LogP contribution is 2.13. The number of likely N-dealkylation sites (N-methyl/N-ethyl adjacent to an activating group) is 1. The third-order valence-electron chi connectivity index (χ3n) is 3.02. The van der Waals surface area contributed by atoms with E-state index in [9.17, 15) is 4.79 Å². The first-order chi connectivity index (χ1) is 9.02. The molecule has 1 unspecified atom stereocenters. The van der Waals surface area contributed by atoms with Crippen LogP contribution in [0, 0.1) is 0 Å². The summed E-state index contributed by atoms with van der Waals surface area (Å²) in [6.45, 7) is 5.89. The van der Waals surface area contributed by atoms with E-state index < -0.39 is 0 Å². The zero-order chi connectivity index (χ0) is 14.3. The van der Waals surface area contributed by atoms with Gasteiger partial charge in [-0.15, -0.1) is 6.58 Å². The Labute approximate surface area is 116 Å². The van der Waals surface area contributed by atoms with Crippen LogP contribution in [0.15, 0.2) is 36.9 Å². The molecule has 104 valence electrons. The highest BCUT2D eigenvalue weighted by molar-refractivity contribution is 5.78. The van der Waals surface area contributed by atoms with Crippen LogP contribution in [0.2, 0.25) is 0 Å². The predicted molar refractivity (Wildman–Crippen MR) is 81.4 cm³/mol. The average molecular weight is 260 g/mol. The number of hydrogen-bond acceptors (Lipinski definition) is 2. The lowest BCUT2D eigenvalue weighted by atomic mass is 10.1. The van der Waals surface area contributed by atoms with Gasteiger partial charge >= 0.3 is 0 Å². The second kappa shape index (κ2) is 7.62. The SMILES string of the molecule is C=CCCC(C)Nc1ccc(CC(=O)N(C)C)cc1. The minimum Gasteiger partial charge on any atom is -0.383 e. The maximum absolute atomic E-state index is 11.6. The molecular formula is C16H24N2O. The lowest BCUT2D eigenvalue weighted by Gasteiger charge is -2.15. The van der Waals surface area contributed by atoms with Crippen LogP contribution in [0.3, 0.4) is 0 Å². The lowest BCUT2D eigenvalue weighted by Crippen LogP contribution is -2.23. The van der Waals surface area contributed by atoms with Gasteiger partial charge in [0.25, 0.3) is 0 Å². The van der Waals surface area contributed by atoms with Crippen LogP contribution in [-0.4, -0.2) is 30.9 Å². The van der Waals surface area contributed by atoms with Crippen LogP contribution in [-0.2, 0) is 11.2 Å². The summed E-state index contributed by atoms with van der Waals surface area (Å²) in [5.74, 6) is 0.125. The number of nitrogens with one attached hydrogen (secondary N) is 1. The fourth-order valence-electron chi connectivity index (χ4n) is 1.78. The third kappa shape index (κ3) is 5.60. The van der Waals surface area contributed by atoms with Crippen molar-refractivity contribution in [3.05, 3.63) is 42.5 Å². The molecule has 3 nitrogen and oxygen atoms in total. The van der Waals surface area contributed by atoms with E-state index in [0.29, 0.717) is 12.5 Å². The zero-order valence-electron chi connectivity index (χ0n) is 12.1. The lowest BCUT2D eigenvalue weighted by molar-refractivity contribution is -0.127. The summed E-state index contributed by atoms with van der Waals surface area (Å²) in [7, 11) is 3.55. The summed E-state index contributed by atoms with van der Waals surface area (Å²) in [5.41, 5.74) is 2.14. The van der Waals surface area contributed by atoms with E-state index in [1.54, 1.807) is 19.0 Å². The molecule has 0 fully saturated rings. The van der Waals surface area contributed by atoms with E-state index in [-0.39, 0.29) is 5.91 Å². The van der Waals surface area contributed by atoms with Gasteiger partial charge in [0, 0.05) is 25.8 Å². The number of carbonyl (C=O) groups excluding carboxylic acids is 1. The van der Waals surface area contributed by atoms with Crippen molar-refractivity contribution in [1.82, 2.24) is 4.90 Å². The predicted octanol–water partition coefficient (Wildman–Crippen LogP) is 3.08. The molecule has 0 saturated carbocycles. The number of anilines is 1. The van der Waals surface area contributed by atoms with E-state index >= 15 is 0 Å². The molecule has 1 atom stereocenters. The summed E-state index contributed by atoms with van der Waals surface area (Å²) in [4.78, 5) is 13.2. The van der Waals surface area contributed by atoms with Crippen molar-refractivity contribution in [2.45, 2.75) is 32.2 Å². The van der Waals surface area contributed by atoms with Gasteiger partial charge in [-0.2, -0.15) is 0 Å². The highest BCUT2D eigenvalue weighted by atomic mass is 16.2. The summed E-state index contributed by atoms with van der Waals surface area (Å²) < 4.78 is 0. The third-order valence-corrected chi connectivity index (χ3v) is 3.02. The summed E-state index contributed by atoms with van der Waals surface area (Å²) in [6, 6.07) is 8.49. The van der Waals surface area contributed by atoms with Crippen molar-refractivity contribution >= 4 is 11.6 Å². The Kier molecular flexibility index (Phi) is 6.13. The standard InChI is InChI=1S/C16H24N2O/c1-5-6-7-13(2)17-15-10-8-14(9-11-15)12-16(19)18(3)4/h5,8-11,13,17H,1,6-7,12H2,2-4H3. The molecule has 0 aromatic heterocycles. The Balaban J connectivity index is 2.51. The molecule has 0 radical (unpaired) electrons. The van der Waals surface area contributed by atoms with Crippen LogP contribution in [0.25, 0.3) is 0 Å². The van der Waals surface area contributed by atoms with Crippen molar-refractivity contribution in [2.75, 3.05) is 19.4 Å². The van der Waals surface area contributed by atoms with Gasteiger partial charge in [0.05, 0.1) is 6.42 Å². The highest BCUT2D eigenvalue weighted by Gasteiger charge is 2.06. The van der Waals surface area contributed by atoms with Gasteiger partial charge in [-0.3, -0.25) is 4.79 Å². The topological polar surface area (TPSA) is 32.3 Å². The molecule has 0 aliphatic heterocycles. The largest absolute Gasteiger partial charge is 0.383 e. The van der Waals surface area contributed by atoms with Crippen LogP contribution in [0.5, 0.6) is 0 Å². The van der Waals surface area contributed by atoms with Gasteiger partial charge in [0.15, 0.2) is 0 Å². The first-order valence-electron chi connectivity index (χ1n) is 6.69. The van der Waals surface area contributed by atoms with Crippen LogP contribution >= 0.6 is 0 Å². The first kappa shape index (κ1) is 15.3. The van der Waals surface area contributed by atoms with Crippen molar-refractivity contribution in [1.29, 1.82) is 0 Å². The van der Waals surface area contributed by atoms with Gasteiger partial charge in [0.1, 0.15) is 0 Å². The van der Waals surface area contributed by atoms with E-state index in [1.165, 1.54) is 0 Å². The molecule has 0 aliphatic rings. The fraction of sp³-hybridized carbons (Fsp3) is 0.438. The Bertz CT molecular complexity index is 409. The number of amides is 1. The second-order valence-electron chi connectivity index (χ2n) is 5.07. The molecule has 1 aromatic rings. The summed E-state index contributed by atoms with van der Waals surface area (Å²) in [5, 5.41) is 3.44. The second-order valence-corrected chi connectivity index (χ2v) is 5.07. The molecule has 0 heterocycles. The Morgan fingerprint density at radius 3 is 2.53 bits per heavy atom. The normalized spacial score (nSPS) is 11.7. The van der Waals surface area contributed by atoms with Crippen molar-refractivity contribution in [3.63, 3.8) is 0 Å². The molecule has 1 aromatic carbocycles. The molecule has 1 N–H and O–H groups in total. The van der Waals surface area contributed by atoms with Gasteiger partial charge in [-0.05, 0) is 37.5 Å². The van der Waals surface area contributed by atoms with E-state index in [4.69, 9.17) is 0 Å². The molecule has 3 heteroatoms. The Hall–Kier alpha value is -1.77. The number of carbonyl (C=O) groups is 1. The number of nitrogens with zero attached hydrogens (tertiary/aromatic N) is 1. The monoisotopic (exact) mass is 260 g/mol. The van der Waals surface area contributed by atoms with Gasteiger partial charge in [-0.25, -0.2) is 0 Å². The van der Waals surface area contributed by atoms with Gasteiger partial charge < -0.3 is 10.2 Å². The average Bonchev–Trinajstić information content (AvgIpc) is 2.38. The summed E-state index contributed by atoms with van der Waals surface area (Å²) in [6.07, 6.45) is 4.49. The van der Waals surface area contributed by atoms with Crippen molar-refractivity contribution in [2.24, 2.45) is 0 Å². The van der Waals surface area contributed by atoms with Crippen molar-refractivity contribution < 1.29 is 4.79 Å². The quantitative estimate of drug-likeness (QED) is 0.764. The van der Waals surface area contributed by atoms with Crippen LogP contribution in [0.1, 0.15) is 25.3 Å². The smallest absolute Gasteiger partial charge is 0.226 e. The van der Waals surface area contributed by atoms with Crippen molar-refractivity contribution in [3.8, 4) is 0 Å². The molecule has 0 saturated heterocycles. The number of allylic oxidation sites excluding steroid dienone is 1. The number of rotatable bonds is 7. The van der Waals surface area contributed by atoms with Crippen LogP contribution < -0.4 is 5.32 Å². The first-order valence-corrected chi connectivity index (χ1v) is 6.69. The van der Waals surface area contributed by atoms with E-state index in [2.05, 4.69) is 18.8 Å². The van der Waals surface area contributed by atoms with E-state index in [1.807, 2.05) is 30.3 Å². The molecule has 19 heavy (non-hydrogen) atoms. The molecule has 1 rings (SSSR count). The van der Waals surface area contributed by atoms with Gasteiger partial charge in [0.2, 0.25) is 5.91 Å². The maximum atomic E-state index is 11.6. The molecule has 1 amide bonds. The fourth-order valence-corrected chi connectivity index (χ4v) is 1.78. The minimum absolute atomic E-state index is 0.125. The Morgan fingerprint density at radius 1 is 1.37 bits per heavy atom. The van der Waals surface area contributed by atoms with Crippen LogP contribution in [0.4, 0.5) is 5.69 Å². The zero-order valence-corrected chi connectivity index (χ0v) is 12.1. The Morgan fingerprint density at radius 2 is 2.00 bits per heavy atom. The molecule has 0 bridgehead atoms. The molecule has 0 spiro atoms. The molecular weight excluding hydrogens is 236 g/mol. The number of hydrogen-bond donors (Lipinski definition) is 1. The van der Waals surface area contributed by atoms with E-state index in [0.717, 1.165) is 24.1 Å². The molecule has 0 aliphatic carbocycles. The number of benzene rings is 1. The minimum atomic E-state index is 0.125. The summed E-state index contributed by atoms with van der Waals surface area (Å²) >= 11 is 0. The maximum Gasteiger partial charge on any atom is 0.226 e. The van der Waals surface area contributed by atoms with Gasteiger partial charge in [-0.1, -0.05) is 18.2 Å².